The fourth-order valence-electron chi connectivity index (χ4n) is 1.89. The number of carbonyl (C=O) groups excluding carboxylic acids is 1. The van der Waals surface area contributed by atoms with Crippen LogP contribution in [0.3, 0.4) is 0 Å². The van der Waals surface area contributed by atoms with E-state index in [0.29, 0.717) is 0 Å². The largest absolute Gasteiger partial charge is 0.441 e. The molecule has 17 heavy (non-hydrogen) atoms. The maximum Gasteiger partial charge on any atom is 0.441 e. The topological polar surface area (TPSA) is 32.3 Å². The lowest BCUT2D eigenvalue weighted by atomic mass is 10.2. The summed E-state index contributed by atoms with van der Waals surface area (Å²) in [6, 6.07) is -0.289. The van der Waals surface area contributed by atoms with Crippen molar-refractivity contribution in [1.82, 2.24) is 10.2 Å². The first-order valence-electron chi connectivity index (χ1n) is 5.62. The fraction of sp³-hybridized carbons (Fsp3) is 0.900. The van der Waals surface area contributed by atoms with Crippen molar-refractivity contribution in [1.29, 1.82) is 0 Å². The second-order valence-corrected chi connectivity index (χ2v) is 5.18. The molecule has 0 bridgehead atoms. The minimum Gasteiger partial charge on any atom is -0.325 e. The number of hydrogen-bond donors (Lipinski definition) is 1. The first-order chi connectivity index (χ1) is 7.85. The molecule has 0 radical (unpaired) electrons. The molecule has 1 N–H and O–H groups in total. The molecule has 1 saturated heterocycles. The Bertz CT molecular complexity index is 273. The summed E-state index contributed by atoms with van der Waals surface area (Å²) in [7, 11) is 0. The molecule has 100 valence electrons. The number of alkyl halides is 3. The maximum absolute atomic E-state index is 12.0. The van der Waals surface area contributed by atoms with Gasteiger partial charge in [-0.15, -0.1) is 0 Å². The van der Waals surface area contributed by atoms with E-state index in [9.17, 15) is 18.0 Å². The summed E-state index contributed by atoms with van der Waals surface area (Å²) in [6.45, 7) is 3.87. The average molecular weight is 270 g/mol. The van der Waals surface area contributed by atoms with Crippen molar-refractivity contribution in [2.75, 3.05) is 12.3 Å². The van der Waals surface area contributed by atoms with E-state index in [0.717, 1.165) is 12.8 Å². The summed E-state index contributed by atoms with van der Waals surface area (Å²) in [6.07, 6.45) is 1.55. The summed E-state index contributed by atoms with van der Waals surface area (Å²) >= 11 is -0.0779. The van der Waals surface area contributed by atoms with Crippen LogP contribution in [0.25, 0.3) is 0 Å². The van der Waals surface area contributed by atoms with Gasteiger partial charge in [0.05, 0.1) is 12.2 Å². The lowest BCUT2D eigenvalue weighted by Crippen LogP contribution is -2.38. The highest BCUT2D eigenvalue weighted by molar-refractivity contribution is 8.00. The quantitative estimate of drug-likeness (QED) is 0.831. The number of carbonyl (C=O) groups is 1. The lowest BCUT2D eigenvalue weighted by Gasteiger charge is -2.23. The first kappa shape index (κ1) is 14.6. The van der Waals surface area contributed by atoms with Gasteiger partial charge in [0.2, 0.25) is 5.91 Å². The molecule has 1 amide bonds. The molecular formula is C10H17F3N2OS. The molecule has 2 unspecified atom stereocenters. The third kappa shape index (κ3) is 4.39. The fourth-order valence-corrected chi connectivity index (χ4v) is 2.41. The average Bonchev–Trinajstić information content (AvgIpc) is 2.44. The van der Waals surface area contributed by atoms with Crippen molar-refractivity contribution >= 4 is 17.7 Å². The molecule has 7 heteroatoms. The van der Waals surface area contributed by atoms with Gasteiger partial charge in [0.25, 0.3) is 0 Å². The van der Waals surface area contributed by atoms with Crippen LogP contribution in [-0.4, -0.2) is 40.8 Å². The van der Waals surface area contributed by atoms with E-state index in [-0.39, 0.29) is 42.2 Å². The minimum absolute atomic E-state index is 0.0779. The Balaban J connectivity index is 2.46. The SMILES string of the molecule is CCCC1NC(C)C(=O)N1CCSC(F)(F)F. The summed E-state index contributed by atoms with van der Waals surface area (Å²) in [4.78, 5) is 13.2. The van der Waals surface area contributed by atoms with Crippen LogP contribution in [-0.2, 0) is 4.79 Å². The first-order valence-corrected chi connectivity index (χ1v) is 6.61. The van der Waals surface area contributed by atoms with Crippen molar-refractivity contribution < 1.29 is 18.0 Å². The van der Waals surface area contributed by atoms with Gasteiger partial charge in [-0.3, -0.25) is 10.1 Å². The van der Waals surface area contributed by atoms with Crippen LogP contribution < -0.4 is 5.32 Å². The normalized spacial score (nSPS) is 25.7. The molecule has 1 heterocycles. The molecule has 1 aliphatic rings. The number of amides is 1. The predicted octanol–water partition coefficient (Wildman–Crippen LogP) is 2.19. The van der Waals surface area contributed by atoms with Crippen molar-refractivity contribution in [3.63, 3.8) is 0 Å². The van der Waals surface area contributed by atoms with Gasteiger partial charge in [0.15, 0.2) is 0 Å². The molecule has 0 aromatic rings. The highest BCUT2D eigenvalue weighted by atomic mass is 32.2. The van der Waals surface area contributed by atoms with Gasteiger partial charge in [-0.2, -0.15) is 13.2 Å². The Hall–Kier alpha value is -0.430. The predicted molar refractivity (Wildman–Crippen MR) is 61.5 cm³/mol. The molecule has 0 spiro atoms. The third-order valence-corrected chi connectivity index (χ3v) is 3.35. The summed E-state index contributed by atoms with van der Waals surface area (Å²) in [5.74, 6) is -0.213. The van der Waals surface area contributed by atoms with Crippen LogP contribution >= 0.6 is 11.8 Å². The highest BCUT2D eigenvalue weighted by Crippen LogP contribution is 2.30. The molecule has 1 fully saturated rings. The number of nitrogens with zero attached hydrogens (tertiary/aromatic N) is 1. The molecule has 0 aliphatic carbocycles. The molecule has 1 rings (SSSR count). The van der Waals surface area contributed by atoms with E-state index in [2.05, 4.69) is 5.32 Å². The van der Waals surface area contributed by atoms with E-state index >= 15 is 0 Å². The van der Waals surface area contributed by atoms with Crippen LogP contribution in [0.2, 0.25) is 0 Å². The van der Waals surface area contributed by atoms with E-state index in [1.54, 1.807) is 6.92 Å². The molecular weight excluding hydrogens is 253 g/mol. The second-order valence-electron chi connectivity index (χ2n) is 4.02. The van der Waals surface area contributed by atoms with Gasteiger partial charge in [-0.1, -0.05) is 13.3 Å². The van der Waals surface area contributed by atoms with E-state index in [4.69, 9.17) is 0 Å². The van der Waals surface area contributed by atoms with Gasteiger partial charge in [0.1, 0.15) is 0 Å². The second kappa shape index (κ2) is 5.95. The van der Waals surface area contributed by atoms with Gasteiger partial charge < -0.3 is 4.90 Å². The van der Waals surface area contributed by atoms with Crippen LogP contribution in [0.5, 0.6) is 0 Å². The summed E-state index contributed by atoms with van der Waals surface area (Å²) in [5.41, 5.74) is -4.22. The van der Waals surface area contributed by atoms with Gasteiger partial charge >= 0.3 is 5.51 Å². The molecule has 0 saturated carbocycles. The van der Waals surface area contributed by atoms with Gasteiger partial charge in [-0.05, 0) is 25.1 Å². The van der Waals surface area contributed by atoms with E-state index in [1.165, 1.54) is 4.90 Å². The Morgan fingerprint density at radius 2 is 2.12 bits per heavy atom. The maximum atomic E-state index is 12.0. The highest BCUT2D eigenvalue weighted by Gasteiger charge is 2.36. The zero-order valence-corrected chi connectivity index (χ0v) is 10.7. The van der Waals surface area contributed by atoms with Crippen molar-refractivity contribution in [2.24, 2.45) is 0 Å². The van der Waals surface area contributed by atoms with Crippen LogP contribution in [0.15, 0.2) is 0 Å². The number of rotatable bonds is 5. The number of hydrogen-bond acceptors (Lipinski definition) is 3. The number of thioether (sulfide) groups is 1. The van der Waals surface area contributed by atoms with E-state index < -0.39 is 5.51 Å². The lowest BCUT2D eigenvalue weighted by molar-refractivity contribution is -0.129. The zero-order valence-electron chi connectivity index (χ0n) is 9.88. The van der Waals surface area contributed by atoms with Gasteiger partial charge in [-0.25, -0.2) is 0 Å². The number of nitrogens with one attached hydrogen (secondary N) is 1. The monoisotopic (exact) mass is 270 g/mol. The van der Waals surface area contributed by atoms with Crippen LogP contribution in [0.1, 0.15) is 26.7 Å². The van der Waals surface area contributed by atoms with Crippen LogP contribution in [0.4, 0.5) is 13.2 Å². The smallest absolute Gasteiger partial charge is 0.325 e. The molecule has 2 atom stereocenters. The van der Waals surface area contributed by atoms with E-state index in [1.807, 2.05) is 6.92 Å². The Morgan fingerprint density at radius 1 is 1.47 bits per heavy atom. The number of halogens is 3. The van der Waals surface area contributed by atoms with Crippen molar-refractivity contribution in [2.45, 2.75) is 44.4 Å². The Morgan fingerprint density at radius 3 is 2.65 bits per heavy atom. The van der Waals surface area contributed by atoms with Crippen LogP contribution in [0, 0.1) is 0 Å². The van der Waals surface area contributed by atoms with Crippen molar-refractivity contribution in [3.8, 4) is 0 Å². The Labute approximate surface area is 103 Å². The summed E-state index contributed by atoms with van der Waals surface area (Å²) < 4.78 is 36.0. The minimum atomic E-state index is -4.22. The third-order valence-electron chi connectivity index (χ3n) is 2.63. The molecule has 0 aromatic heterocycles. The molecule has 1 aliphatic heterocycles. The molecule has 0 aromatic carbocycles. The zero-order chi connectivity index (χ0) is 13.1. The van der Waals surface area contributed by atoms with Gasteiger partial charge in [0, 0.05) is 12.3 Å². The Kier molecular flexibility index (Phi) is 5.12. The van der Waals surface area contributed by atoms with Crippen molar-refractivity contribution in [3.05, 3.63) is 0 Å². The summed E-state index contributed by atoms with van der Waals surface area (Å²) in [5, 5.41) is 3.09. The molecule has 3 nitrogen and oxygen atoms in total. The standard InChI is InChI=1S/C10H17F3N2OS/c1-3-4-8-14-7(2)9(16)15(8)5-6-17-10(11,12)13/h7-8,14H,3-6H2,1-2H3.